The Labute approximate surface area is 265 Å². The van der Waals surface area contributed by atoms with E-state index >= 15 is 0 Å². The predicted molar refractivity (Wildman–Crippen MR) is 173 cm³/mol. The van der Waals surface area contributed by atoms with Gasteiger partial charge in [-0.2, -0.15) is 0 Å². The Morgan fingerprint density at radius 3 is 2.38 bits per heavy atom. The summed E-state index contributed by atoms with van der Waals surface area (Å²) in [7, 11) is 3.13. The number of hydrogen-bond donors (Lipinski definition) is 0. The average Bonchev–Trinajstić information content (AvgIpc) is 3.33. The Kier molecular flexibility index (Phi) is 9.73. The molecule has 0 unspecified atom stereocenters. The van der Waals surface area contributed by atoms with E-state index in [0.29, 0.717) is 50.2 Å². The van der Waals surface area contributed by atoms with E-state index in [0.717, 1.165) is 11.1 Å². The standard InChI is InChI=1S/C35H36N2O7S/c1-7-42-34(39)31-22(4)36-35-37(32(31)25-14-16-27(44-21(2)3)29(19-25)41-6)33(38)30(45-35)18-24-13-15-26(28(17-24)40-5)43-20-23-11-9-8-10-12-23/h8-19,21,32H,7,20H2,1-6H3/b30-18-/t32-/m0/s1. The van der Waals surface area contributed by atoms with Gasteiger partial charge in [0, 0.05) is 0 Å². The highest BCUT2D eigenvalue weighted by molar-refractivity contribution is 7.07. The van der Waals surface area contributed by atoms with Crippen LogP contribution < -0.4 is 33.8 Å². The topological polar surface area (TPSA) is 97.6 Å². The fraction of sp³-hybridized carbons (Fsp3) is 0.286. The van der Waals surface area contributed by atoms with Gasteiger partial charge in [-0.05, 0) is 74.7 Å². The van der Waals surface area contributed by atoms with E-state index in [2.05, 4.69) is 4.99 Å². The van der Waals surface area contributed by atoms with Gasteiger partial charge in [0.25, 0.3) is 5.56 Å². The summed E-state index contributed by atoms with van der Waals surface area (Å²) in [6.07, 6.45) is 1.72. The van der Waals surface area contributed by atoms with E-state index in [1.54, 1.807) is 50.8 Å². The molecule has 0 saturated carbocycles. The molecule has 0 N–H and O–H groups in total. The van der Waals surface area contributed by atoms with Crippen LogP contribution in [0.2, 0.25) is 0 Å². The lowest BCUT2D eigenvalue weighted by atomic mass is 9.95. The lowest BCUT2D eigenvalue weighted by Gasteiger charge is -2.25. The maximum Gasteiger partial charge on any atom is 0.338 e. The summed E-state index contributed by atoms with van der Waals surface area (Å²) < 4.78 is 30.6. The van der Waals surface area contributed by atoms with Crippen LogP contribution in [0.3, 0.4) is 0 Å². The Bertz CT molecular complexity index is 1910. The van der Waals surface area contributed by atoms with Gasteiger partial charge in [0.15, 0.2) is 27.8 Å². The number of hydrogen-bond acceptors (Lipinski definition) is 9. The molecule has 1 aliphatic rings. The van der Waals surface area contributed by atoms with E-state index in [4.69, 9.17) is 23.7 Å². The smallest absolute Gasteiger partial charge is 0.338 e. The largest absolute Gasteiger partial charge is 0.493 e. The second kappa shape index (κ2) is 13.9. The van der Waals surface area contributed by atoms with Crippen LogP contribution in [0.1, 0.15) is 50.4 Å². The van der Waals surface area contributed by atoms with Crippen LogP contribution in [0.5, 0.6) is 23.0 Å². The summed E-state index contributed by atoms with van der Waals surface area (Å²) in [6, 6.07) is 20.0. The number of fused-ring (bicyclic) bond motifs is 1. The quantitative estimate of drug-likeness (QED) is 0.211. The number of allylic oxidation sites excluding steroid dienone is 1. The third-order valence-electron chi connectivity index (χ3n) is 7.11. The lowest BCUT2D eigenvalue weighted by Crippen LogP contribution is -2.40. The van der Waals surface area contributed by atoms with Crippen molar-refractivity contribution in [3.63, 3.8) is 0 Å². The molecule has 0 saturated heterocycles. The minimum absolute atomic E-state index is 0.0669. The summed E-state index contributed by atoms with van der Waals surface area (Å²) in [4.78, 5) is 32.5. The van der Waals surface area contributed by atoms with Gasteiger partial charge in [-0.1, -0.05) is 53.8 Å². The van der Waals surface area contributed by atoms with Gasteiger partial charge in [0.05, 0.1) is 48.8 Å². The van der Waals surface area contributed by atoms with Gasteiger partial charge in [0.1, 0.15) is 6.61 Å². The molecule has 5 rings (SSSR count). The first kappa shape index (κ1) is 31.6. The van der Waals surface area contributed by atoms with Crippen LogP contribution in [-0.4, -0.2) is 37.5 Å². The van der Waals surface area contributed by atoms with Gasteiger partial charge < -0.3 is 23.7 Å². The minimum Gasteiger partial charge on any atom is -0.493 e. The predicted octanol–water partition coefficient (Wildman–Crippen LogP) is 5.18. The van der Waals surface area contributed by atoms with Gasteiger partial charge in [0.2, 0.25) is 0 Å². The molecule has 45 heavy (non-hydrogen) atoms. The van der Waals surface area contributed by atoms with Gasteiger partial charge in [-0.15, -0.1) is 0 Å². The van der Waals surface area contributed by atoms with Crippen molar-refractivity contribution in [1.29, 1.82) is 0 Å². The average molecular weight is 629 g/mol. The molecule has 10 heteroatoms. The van der Waals surface area contributed by atoms with E-state index in [1.807, 2.05) is 68.4 Å². The molecule has 1 aliphatic heterocycles. The molecule has 0 aliphatic carbocycles. The number of rotatable bonds is 11. The number of nitrogens with zero attached hydrogens (tertiary/aromatic N) is 2. The zero-order valence-electron chi connectivity index (χ0n) is 26.2. The molecule has 2 heterocycles. The van der Waals surface area contributed by atoms with Crippen molar-refractivity contribution >= 4 is 23.4 Å². The van der Waals surface area contributed by atoms with Crippen molar-refractivity contribution in [3.05, 3.63) is 114 Å². The summed E-state index contributed by atoms with van der Waals surface area (Å²) in [5.74, 6) is 1.65. The number of ether oxygens (including phenoxy) is 5. The Morgan fingerprint density at radius 2 is 1.69 bits per heavy atom. The zero-order valence-corrected chi connectivity index (χ0v) is 27.0. The number of methoxy groups -OCH3 is 2. The second-order valence-electron chi connectivity index (χ2n) is 10.6. The fourth-order valence-corrected chi connectivity index (χ4v) is 6.14. The molecule has 3 aromatic carbocycles. The van der Waals surface area contributed by atoms with Crippen LogP contribution in [-0.2, 0) is 16.1 Å². The minimum atomic E-state index is -0.784. The SMILES string of the molecule is CCOC(=O)C1=C(C)N=c2s/c(=C\c3ccc(OCc4ccccc4)c(OC)c3)c(=O)n2[C@H]1c1ccc(OC(C)C)c(OC)c1. The fourth-order valence-electron chi connectivity index (χ4n) is 5.09. The third-order valence-corrected chi connectivity index (χ3v) is 8.09. The van der Waals surface area contributed by atoms with Crippen LogP contribution in [0.15, 0.2) is 87.8 Å². The van der Waals surface area contributed by atoms with E-state index in [-0.39, 0.29) is 23.8 Å². The van der Waals surface area contributed by atoms with Crippen LogP contribution >= 0.6 is 11.3 Å². The van der Waals surface area contributed by atoms with Crippen LogP contribution in [0.25, 0.3) is 6.08 Å². The molecule has 0 radical (unpaired) electrons. The van der Waals surface area contributed by atoms with Crippen LogP contribution in [0, 0.1) is 0 Å². The summed E-state index contributed by atoms with van der Waals surface area (Å²) >= 11 is 1.25. The van der Waals surface area contributed by atoms with E-state index in [9.17, 15) is 9.59 Å². The van der Waals surface area contributed by atoms with Gasteiger partial charge in [-0.3, -0.25) is 9.36 Å². The molecule has 0 amide bonds. The molecule has 1 aromatic heterocycles. The molecule has 4 aromatic rings. The lowest BCUT2D eigenvalue weighted by molar-refractivity contribution is -0.139. The highest BCUT2D eigenvalue weighted by Gasteiger charge is 2.34. The Morgan fingerprint density at radius 1 is 0.978 bits per heavy atom. The van der Waals surface area contributed by atoms with E-state index < -0.39 is 12.0 Å². The Hall–Kier alpha value is -4.83. The van der Waals surface area contributed by atoms with E-state index in [1.165, 1.54) is 11.3 Å². The highest BCUT2D eigenvalue weighted by Crippen LogP contribution is 2.36. The maximum atomic E-state index is 14.1. The molecular weight excluding hydrogens is 592 g/mol. The number of aromatic nitrogens is 1. The first-order chi connectivity index (χ1) is 21.7. The Balaban J connectivity index is 1.58. The molecule has 234 valence electrons. The number of thiazole rings is 1. The molecule has 9 nitrogen and oxygen atoms in total. The number of carbonyl (C=O) groups excluding carboxylic acids is 1. The van der Waals surface area contributed by atoms with Crippen molar-refractivity contribution in [3.8, 4) is 23.0 Å². The van der Waals surface area contributed by atoms with Gasteiger partial charge in [-0.25, -0.2) is 9.79 Å². The third kappa shape index (κ3) is 6.81. The first-order valence-electron chi connectivity index (χ1n) is 14.6. The molecule has 0 fully saturated rings. The summed E-state index contributed by atoms with van der Waals surface area (Å²) in [5.41, 5.74) is 2.93. The van der Waals surface area contributed by atoms with Crippen molar-refractivity contribution in [2.24, 2.45) is 4.99 Å². The number of esters is 1. The van der Waals surface area contributed by atoms with Gasteiger partial charge >= 0.3 is 5.97 Å². The summed E-state index contributed by atoms with van der Waals surface area (Å²) in [6.45, 7) is 7.93. The maximum absolute atomic E-state index is 14.1. The van der Waals surface area contributed by atoms with Crippen molar-refractivity contribution in [1.82, 2.24) is 4.57 Å². The number of benzene rings is 3. The normalized spacial score (nSPS) is 14.6. The highest BCUT2D eigenvalue weighted by atomic mass is 32.1. The van der Waals surface area contributed by atoms with Crippen molar-refractivity contribution < 1.29 is 28.5 Å². The van der Waals surface area contributed by atoms with Crippen molar-refractivity contribution in [2.45, 2.75) is 46.4 Å². The zero-order chi connectivity index (χ0) is 32.1. The molecule has 0 spiro atoms. The van der Waals surface area contributed by atoms with Crippen LogP contribution in [0.4, 0.5) is 0 Å². The first-order valence-corrected chi connectivity index (χ1v) is 15.4. The number of carbonyl (C=O) groups is 1. The monoisotopic (exact) mass is 628 g/mol. The molecular formula is C35H36N2O7S. The molecule has 0 bridgehead atoms. The molecule has 1 atom stereocenters. The second-order valence-corrected chi connectivity index (χ2v) is 11.6. The summed E-state index contributed by atoms with van der Waals surface area (Å²) in [5, 5.41) is 0. The van der Waals surface area contributed by atoms with Crippen molar-refractivity contribution in [2.75, 3.05) is 20.8 Å².